The highest BCUT2D eigenvalue weighted by Gasteiger charge is 2.42. The standard InChI is InChI=1S/C7H12O4.C2H6O2/c1-3-7(4-2,5(8)9)6(10)11;3-1-2-4/h3-4H2,1-2H3,(H,8,9)(H,10,11);3-4H,1-2H2. The molecule has 0 aromatic carbocycles. The molecule has 0 saturated heterocycles. The lowest BCUT2D eigenvalue weighted by Crippen LogP contribution is -2.38. The highest BCUT2D eigenvalue weighted by molar-refractivity contribution is 5.98. The van der Waals surface area contributed by atoms with Gasteiger partial charge in [-0.25, -0.2) is 0 Å². The first kappa shape index (κ1) is 16.3. The molecule has 0 heterocycles. The fraction of sp³-hybridized carbons (Fsp3) is 0.778. The third-order valence-corrected chi connectivity index (χ3v) is 2.13. The maximum atomic E-state index is 10.5. The molecule has 0 unspecified atom stereocenters. The molecule has 0 spiro atoms. The van der Waals surface area contributed by atoms with Crippen molar-refractivity contribution in [3.8, 4) is 0 Å². The average molecular weight is 222 g/mol. The van der Waals surface area contributed by atoms with Gasteiger partial charge in [0.1, 0.15) is 0 Å². The van der Waals surface area contributed by atoms with Crippen molar-refractivity contribution in [1.29, 1.82) is 0 Å². The zero-order valence-electron chi connectivity index (χ0n) is 8.93. The molecule has 0 radical (unpaired) electrons. The molecule has 0 bridgehead atoms. The summed E-state index contributed by atoms with van der Waals surface area (Å²) in [5.74, 6) is -2.51. The Morgan fingerprint density at radius 1 is 0.933 bits per heavy atom. The van der Waals surface area contributed by atoms with E-state index < -0.39 is 17.4 Å². The summed E-state index contributed by atoms with van der Waals surface area (Å²) in [4.78, 5) is 21.1. The number of aliphatic carboxylic acids is 2. The van der Waals surface area contributed by atoms with Crippen LogP contribution in [-0.2, 0) is 9.59 Å². The second-order valence-electron chi connectivity index (χ2n) is 2.85. The summed E-state index contributed by atoms with van der Waals surface area (Å²) in [7, 11) is 0. The normalized spacial score (nSPS) is 10.1. The van der Waals surface area contributed by atoms with E-state index in [2.05, 4.69) is 0 Å². The van der Waals surface area contributed by atoms with E-state index in [1.54, 1.807) is 13.8 Å². The summed E-state index contributed by atoms with van der Waals surface area (Å²) in [6, 6.07) is 0. The molecule has 0 fully saturated rings. The lowest BCUT2D eigenvalue weighted by Gasteiger charge is -2.20. The molecule has 0 aromatic rings. The first-order chi connectivity index (χ1) is 6.92. The van der Waals surface area contributed by atoms with Crippen LogP contribution in [0.5, 0.6) is 0 Å². The molecule has 0 aliphatic rings. The highest BCUT2D eigenvalue weighted by atomic mass is 16.4. The van der Waals surface area contributed by atoms with Crippen LogP contribution in [0.25, 0.3) is 0 Å². The summed E-state index contributed by atoms with van der Waals surface area (Å²) >= 11 is 0. The number of rotatable bonds is 5. The molecule has 0 atom stereocenters. The van der Waals surface area contributed by atoms with Crippen LogP contribution >= 0.6 is 0 Å². The number of carbonyl (C=O) groups is 2. The van der Waals surface area contributed by atoms with Gasteiger partial charge in [-0.3, -0.25) is 9.59 Å². The van der Waals surface area contributed by atoms with E-state index in [0.29, 0.717) is 0 Å². The molecular weight excluding hydrogens is 204 g/mol. The smallest absolute Gasteiger partial charge is 0.321 e. The molecule has 0 aliphatic carbocycles. The minimum Gasteiger partial charge on any atom is -0.480 e. The molecular formula is C9H18O6. The summed E-state index contributed by atoms with van der Waals surface area (Å²) in [5, 5.41) is 32.5. The van der Waals surface area contributed by atoms with Crippen molar-refractivity contribution in [3.05, 3.63) is 0 Å². The van der Waals surface area contributed by atoms with Gasteiger partial charge in [0.2, 0.25) is 0 Å². The second kappa shape index (κ2) is 8.19. The summed E-state index contributed by atoms with van der Waals surface area (Å²) in [6.07, 6.45) is 0.238. The number of carboxylic acids is 2. The Morgan fingerprint density at radius 3 is 1.20 bits per heavy atom. The van der Waals surface area contributed by atoms with Crippen molar-refractivity contribution >= 4 is 11.9 Å². The van der Waals surface area contributed by atoms with E-state index in [4.69, 9.17) is 20.4 Å². The van der Waals surface area contributed by atoms with Crippen LogP contribution in [0.3, 0.4) is 0 Å². The lowest BCUT2D eigenvalue weighted by atomic mass is 9.83. The molecule has 4 N–H and O–H groups in total. The predicted octanol–water partition coefficient (Wildman–Crippen LogP) is -0.0670. The van der Waals surface area contributed by atoms with Gasteiger partial charge in [0.15, 0.2) is 5.41 Å². The molecule has 15 heavy (non-hydrogen) atoms. The van der Waals surface area contributed by atoms with Crippen molar-refractivity contribution < 1.29 is 30.0 Å². The summed E-state index contributed by atoms with van der Waals surface area (Å²) < 4.78 is 0. The molecule has 0 aliphatic heterocycles. The van der Waals surface area contributed by atoms with Crippen LogP contribution in [0, 0.1) is 5.41 Å². The lowest BCUT2D eigenvalue weighted by molar-refractivity contribution is -0.165. The van der Waals surface area contributed by atoms with Crippen LogP contribution in [0.2, 0.25) is 0 Å². The minimum absolute atomic E-state index is 0.119. The number of aliphatic hydroxyl groups is 2. The monoisotopic (exact) mass is 222 g/mol. The first-order valence-electron chi connectivity index (χ1n) is 4.61. The molecule has 6 nitrogen and oxygen atoms in total. The third-order valence-electron chi connectivity index (χ3n) is 2.13. The molecule has 90 valence electrons. The number of carboxylic acid groups (broad SMARTS) is 2. The quantitative estimate of drug-likeness (QED) is 0.484. The van der Waals surface area contributed by atoms with E-state index >= 15 is 0 Å². The molecule has 0 rings (SSSR count). The Kier molecular flexibility index (Phi) is 8.90. The number of aliphatic hydroxyl groups excluding tert-OH is 2. The van der Waals surface area contributed by atoms with Gasteiger partial charge in [-0.05, 0) is 12.8 Å². The SMILES string of the molecule is CCC(CC)(C(=O)O)C(=O)O.OCCO. The number of hydrogen-bond acceptors (Lipinski definition) is 4. The average Bonchev–Trinajstić information content (AvgIpc) is 2.20. The molecule has 0 amide bonds. The zero-order chi connectivity index (χ0) is 12.5. The van der Waals surface area contributed by atoms with Gasteiger partial charge >= 0.3 is 11.9 Å². The van der Waals surface area contributed by atoms with Crippen LogP contribution in [0.4, 0.5) is 0 Å². The van der Waals surface area contributed by atoms with Crippen LogP contribution in [-0.4, -0.2) is 45.6 Å². The Morgan fingerprint density at radius 2 is 1.20 bits per heavy atom. The van der Waals surface area contributed by atoms with E-state index in [1.807, 2.05) is 0 Å². The van der Waals surface area contributed by atoms with E-state index in [9.17, 15) is 9.59 Å². The minimum atomic E-state index is -1.58. The van der Waals surface area contributed by atoms with Gasteiger partial charge in [-0.2, -0.15) is 0 Å². The van der Waals surface area contributed by atoms with Crippen molar-refractivity contribution in [3.63, 3.8) is 0 Å². The second-order valence-corrected chi connectivity index (χ2v) is 2.85. The number of hydrogen-bond donors (Lipinski definition) is 4. The Bertz CT molecular complexity index is 179. The van der Waals surface area contributed by atoms with Crippen molar-refractivity contribution in [2.45, 2.75) is 26.7 Å². The van der Waals surface area contributed by atoms with E-state index in [0.717, 1.165) is 0 Å². The highest BCUT2D eigenvalue weighted by Crippen LogP contribution is 2.26. The maximum absolute atomic E-state index is 10.5. The maximum Gasteiger partial charge on any atom is 0.321 e. The van der Waals surface area contributed by atoms with Gasteiger partial charge in [0.25, 0.3) is 0 Å². The van der Waals surface area contributed by atoms with Gasteiger partial charge in [0, 0.05) is 0 Å². The van der Waals surface area contributed by atoms with E-state index in [1.165, 1.54) is 0 Å². The summed E-state index contributed by atoms with van der Waals surface area (Å²) in [5.41, 5.74) is -1.58. The van der Waals surface area contributed by atoms with Gasteiger partial charge in [-0.1, -0.05) is 13.8 Å². The fourth-order valence-corrected chi connectivity index (χ4v) is 0.946. The van der Waals surface area contributed by atoms with Crippen molar-refractivity contribution in [2.75, 3.05) is 13.2 Å². The summed E-state index contributed by atoms with van der Waals surface area (Å²) in [6.45, 7) is 2.87. The molecule has 0 aromatic heterocycles. The zero-order valence-corrected chi connectivity index (χ0v) is 8.93. The Labute approximate surface area is 88.2 Å². The largest absolute Gasteiger partial charge is 0.480 e. The van der Waals surface area contributed by atoms with Crippen LogP contribution in [0.1, 0.15) is 26.7 Å². The third kappa shape index (κ3) is 4.75. The Balaban J connectivity index is 0. The van der Waals surface area contributed by atoms with Crippen LogP contribution in [0.15, 0.2) is 0 Å². The molecule has 6 heteroatoms. The van der Waals surface area contributed by atoms with Crippen molar-refractivity contribution in [1.82, 2.24) is 0 Å². The fourth-order valence-electron chi connectivity index (χ4n) is 0.946. The van der Waals surface area contributed by atoms with Gasteiger partial charge in [0.05, 0.1) is 13.2 Å². The topological polar surface area (TPSA) is 115 Å². The van der Waals surface area contributed by atoms with Gasteiger partial charge in [-0.15, -0.1) is 0 Å². The Hall–Kier alpha value is -1.14. The predicted molar refractivity (Wildman–Crippen MR) is 52.5 cm³/mol. The first-order valence-corrected chi connectivity index (χ1v) is 4.61. The molecule has 0 saturated carbocycles. The van der Waals surface area contributed by atoms with Crippen LogP contribution < -0.4 is 0 Å². The van der Waals surface area contributed by atoms with E-state index in [-0.39, 0.29) is 26.1 Å². The van der Waals surface area contributed by atoms with Crippen molar-refractivity contribution in [2.24, 2.45) is 5.41 Å². The van der Waals surface area contributed by atoms with Gasteiger partial charge < -0.3 is 20.4 Å².